The first-order valence-corrected chi connectivity index (χ1v) is 6.96. The number of rotatable bonds is 4. The molecule has 1 atom stereocenters. The maximum Gasteiger partial charge on any atom is 0.241 e. The molecule has 0 amide bonds. The van der Waals surface area contributed by atoms with Gasteiger partial charge in [0, 0.05) is 5.02 Å². The molecule has 0 spiro atoms. The Morgan fingerprint density at radius 1 is 1.41 bits per heavy atom. The molecular formula is C10H11Cl2NO3S. The van der Waals surface area contributed by atoms with E-state index in [2.05, 4.69) is 4.72 Å². The molecule has 0 radical (unpaired) electrons. The second kappa shape index (κ2) is 5.35. The van der Waals surface area contributed by atoms with E-state index >= 15 is 0 Å². The molecule has 0 heterocycles. The number of carbonyl (C=O) groups is 1. The number of aryl methyl sites for hydroxylation is 1. The molecule has 1 rings (SSSR count). The lowest BCUT2D eigenvalue weighted by molar-refractivity contribution is -0.112. The van der Waals surface area contributed by atoms with E-state index in [1.807, 2.05) is 0 Å². The number of benzene rings is 1. The molecule has 0 aliphatic carbocycles. The predicted octanol–water partition coefficient (Wildman–Crippen LogP) is 2.08. The highest BCUT2D eigenvalue weighted by atomic mass is 35.5. The summed E-state index contributed by atoms with van der Waals surface area (Å²) < 4.78 is 25.9. The van der Waals surface area contributed by atoms with Crippen LogP contribution < -0.4 is 4.72 Å². The molecule has 4 nitrogen and oxygen atoms in total. The Hall–Kier alpha value is -0.620. The first kappa shape index (κ1) is 14.4. The number of hydrogen-bond donors (Lipinski definition) is 1. The summed E-state index contributed by atoms with van der Waals surface area (Å²) in [5, 5.41) is -0.287. The van der Waals surface area contributed by atoms with Gasteiger partial charge in [-0.1, -0.05) is 11.6 Å². The third-order valence-corrected chi connectivity index (χ3v) is 4.40. The zero-order valence-corrected chi connectivity index (χ0v) is 11.5. The van der Waals surface area contributed by atoms with Gasteiger partial charge in [0.2, 0.25) is 15.3 Å². The lowest BCUT2D eigenvalue weighted by Gasteiger charge is -2.11. The Morgan fingerprint density at radius 3 is 2.47 bits per heavy atom. The van der Waals surface area contributed by atoms with E-state index in [4.69, 9.17) is 23.2 Å². The fourth-order valence-corrected chi connectivity index (χ4v) is 2.66. The van der Waals surface area contributed by atoms with Crippen LogP contribution in [0.5, 0.6) is 0 Å². The van der Waals surface area contributed by atoms with Crippen molar-refractivity contribution in [3.63, 3.8) is 0 Å². The largest absolute Gasteiger partial charge is 0.279 e. The Morgan fingerprint density at radius 2 is 2.00 bits per heavy atom. The van der Waals surface area contributed by atoms with E-state index < -0.39 is 21.3 Å². The maximum absolute atomic E-state index is 11.8. The minimum atomic E-state index is -3.76. The molecule has 0 bridgehead atoms. The summed E-state index contributed by atoms with van der Waals surface area (Å²) in [4.78, 5) is 10.8. The van der Waals surface area contributed by atoms with Crippen molar-refractivity contribution in [1.29, 1.82) is 0 Å². The molecule has 0 aliphatic heterocycles. The third kappa shape index (κ3) is 3.67. The zero-order chi connectivity index (χ0) is 13.2. The molecule has 0 saturated heterocycles. The van der Waals surface area contributed by atoms with E-state index in [-0.39, 0.29) is 4.90 Å². The van der Waals surface area contributed by atoms with Gasteiger partial charge in [-0.2, -0.15) is 4.72 Å². The third-order valence-electron chi connectivity index (χ3n) is 2.11. The van der Waals surface area contributed by atoms with Crippen molar-refractivity contribution in [3.05, 3.63) is 28.8 Å². The van der Waals surface area contributed by atoms with E-state index in [9.17, 15) is 13.2 Å². The van der Waals surface area contributed by atoms with E-state index in [0.717, 1.165) is 0 Å². The smallest absolute Gasteiger partial charge is 0.241 e. The second-order valence-electron chi connectivity index (χ2n) is 3.56. The fourth-order valence-electron chi connectivity index (χ4n) is 1.13. The fraction of sp³-hybridized carbons (Fsp3) is 0.300. The van der Waals surface area contributed by atoms with Crippen molar-refractivity contribution >= 4 is 38.5 Å². The van der Waals surface area contributed by atoms with Crippen LogP contribution in [0.15, 0.2) is 23.1 Å². The summed E-state index contributed by atoms with van der Waals surface area (Å²) >= 11 is 11.0. The minimum Gasteiger partial charge on any atom is -0.279 e. The highest BCUT2D eigenvalue weighted by Gasteiger charge is 2.21. The summed E-state index contributed by atoms with van der Waals surface area (Å²) in [7, 11) is -3.76. The Kier molecular flexibility index (Phi) is 4.55. The highest BCUT2D eigenvalue weighted by Crippen LogP contribution is 2.19. The van der Waals surface area contributed by atoms with Gasteiger partial charge in [-0.05, 0) is 49.2 Å². The number of halogens is 2. The minimum absolute atomic E-state index is 0.0455. The van der Waals surface area contributed by atoms with Crippen molar-refractivity contribution in [3.8, 4) is 0 Å². The van der Waals surface area contributed by atoms with Crippen LogP contribution in [0.3, 0.4) is 0 Å². The molecule has 0 aromatic heterocycles. The van der Waals surface area contributed by atoms with E-state index in [1.54, 1.807) is 6.92 Å². The molecule has 94 valence electrons. The second-order valence-corrected chi connectivity index (χ2v) is 6.05. The lowest BCUT2D eigenvalue weighted by atomic mass is 10.2. The molecule has 0 fully saturated rings. The number of hydrogen-bond acceptors (Lipinski definition) is 3. The van der Waals surface area contributed by atoms with Crippen molar-refractivity contribution in [2.24, 2.45) is 0 Å². The molecule has 7 heteroatoms. The summed E-state index contributed by atoms with van der Waals surface area (Å²) in [5.74, 6) is 0. The van der Waals surface area contributed by atoms with Crippen molar-refractivity contribution < 1.29 is 13.2 Å². The van der Waals surface area contributed by atoms with Gasteiger partial charge in [0.1, 0.15) is 0 Å². The molecule has 1 unspecified atom stereocenters. The molecule has 1 N–H and O–H groups in total. The van der Waals surface area contributed by atoms with Crippen LogP contribution >= 0.6 is 23.2 Å². The van der Waals surface area contributed by atoms with Gasteiger partial charge >= 0.3 is 0 Å². The SMILES string of the molecule is Cc1cc(S(=O)(=O)NC(C)C(=O)Cl)ccc1Cl. The van der Waals surface area contributed by atoms with Crippen LogP contribution in [-0.4, -0.2) is 19.7 Å². The van der Waals surface area contributed by atoms with Crippen molar-refractivity contribution in [2.75, 3.05) is 0 Å². The number of sulfonamides is 1. The Balaban J connectivity index is 3.05. The molecule has 0 aliphatic rings. The first-order chi connectivity index (χ1) is 7.74. The zero-order valence-electron chi connectivity index (χ0n) is 9.20. The van der Waals surface area contributed by atoms with Crippen molar-refractivity contribution in [2.45, 2.75) is 24.8 Å². The maximum atomic E-state index is 11.8. The van der Waals surface area contributed by atoms with Crippen LogP contribution in [-0.2, 0) is 14.8 Å². The van der Waals surface area contributed by atoms with Gasteiger partial charge in [-0.25, -0.2) is 8.42 Å². The van der Waals surface area contributed by atoms with Crippen molar-refractivity contribution in [1.82, 2.24) is 4.72 Å². The van der Waals surface area contributed by atoms with Gasteiger partial charge in [0.25, 0.3) is 0 Å². The lowest BCUT2D eigenvalue weighted by Crippen LogP contribution is -2.36. The summed E-state index contributed by atoms with van der Waals surface area (Å²) in [5.41, 5.74) is 0.638. The number of nitrogens with one attached hydrogen (secondary N) is 1. The first-order valence-electron chi connectivity index (χ1n) is 4.72. The average Bonchev–Trinajstić information content (AvgIpc) is 2.21. The topological polar surface area (TPSA) is 63.2 Å². The van der Waals surface area contributed by atoms with Gasteiger partial charge in [-0.15, -0.1) is 0 Å². The summed E-state index contributed by atoms with van der Waals surface area (Å²) in [6, 6.07) is 3.30. The summed E-state index contributed by atoms with van der Waals surface area (Å²) in [6.45, 7) is 3.06. The van der Waals surface area contributed by atoms with Crippen LogP contribution in [0.25, 0.3) is 0 Å². The van der Waals surface area contributed by atoms with Gasteiger partial charge in [0.15, 0.2) is 0 Å². The van der Waals surface area contributed by atoms with Gasteiger partial charge in [0.05, 0.1) is 10.9 Å². The molecule has 17 heavy (non-hydrogen) atoms. The normalized spacial score (nSPS) is 13.4. The Labute approximate surface area is 110 Å². The molecule has 1 aromatic carbocycles. The monoisotopic (exact) mass is 295 g/mol. The highest BCUT2D eigenvalue weighted by molar-refractivity contribution is 7.89. The van der Waals surface area contributed by atoms with Gasteiger partial charge < -0.3 is 0 Å². The summed E-state index contributed by atoms with van der Waals surface area (Å²) in [6.07, 6.45) is 0. The standard InChI is InChI=1S/C10H11Cl2NO3S/c1-6-5-8(3-4-9(6)11)17(15,16)13-7(2)10(12)14/h3-5,7,13H,1-2H3. The molecule has 1 aromatic rings. The van der Waals surface area contributed by atoms with Crippen LogP contribution in [0, 0.1) is 6.92 Å². The number of carbonyl (C=O) groups excluding carboxylic acids is 1. The Bertz CT molecular complexity index is 542. The quantitative estimate of drug-likeness (QED) is 0.865. The van der Waals surface area contributed by atoms with Crippen LogP contribution in [0.4, 0.5) is 0 Å². The van der Waals surface area contributed by atoms with E-state index in [0.29, 0.717) is 10.6 Å². The molecule has 0 saturated carbocycles. The predicted molar refractivity (Wildman–Crippen MR) is 66.8 cm³/mol. The average molecular weight is 296 g/mol. The van der Waals surface area contributed by atoms with Crippen LogP contribution in [0.1, 0.15) is 12.5 Å². The molecular weight excluding hydrogens is 285 g/mol. The van der Waals surface area contributed by atoms with Gasteiger partial charge in [-0.3, -0.25) is 4.79 Å². The van der Waals surface area contributed by atoms with E-state index in [1.165, 1.54) is 25.1 Å². The van der Waals surface area contributed by atoms with Crippen LogP contribution in [0.2, 0.25) is 5.02 Å².